The number of aliphatic hydroxyl groups excluding tert-OH is 1. The summed E-state index contributed by atoms with van der Waals surface area (Å²) in [6.45, 7) is 0.390. The Kier molecular flexibility index (Phi) is 7.14. The highest BCUT2D eigenvalue weighted by atomic mass is 16.5. The molecule has 0 aromatic heterocycles. The summed E-state index contributed by atoms with van der Waals surface area (Å²) in [5.41, 5.74) is 15.7. The molecule has 0 saturated heterocycles. The number of hydrogen-bond donors (Lipinski definition) is 7. The van der Waals surface area contributed by atoms with E-state index in [9.17, 15) is 9.90 Å². The molecule has 0 aliphatic rings. The maximum absolute atomic E-state index is 10.4. The molecule has 0 aliphatic carbocycles. The van der Waals surface area contributed by atoms with Crippen LogP contribution in [0.2, 0.25) is 0 Å². The molecule has 100 valence electrons. The number of rotatable bonds is 8. The Morgan fingerprint density at radius 1 is 1.47 bits per heavy atom. The van der Waals surface area contributed by atoms with E-state index in [1.807, 2.05) is 0 Å². The van der Waals surface area contributed by atoms with Crippen LogP contribution in [-0.4, -0.2) is 53.7 Å². The van der Waals surface area contributed by atoms with Gasteiger partial charge in [-0.25, -0.2) is 0 Å². The second-order valence-electron chi connectivity index (χ2n) is 3.42. The van der Waals surface area contributed by atoms with Gasteiger partial charge in [0.05, 0.1) is 12.7 Å². The molecular formula is C8H19N5O4. The van der Waals surface area contributed by atoms with Crippen molar-refractivity contribution in [3.05, 3.63) is 0 Å². The minimum atomic E-state index is -1.21. The molecule has 2 unspecified atom stereocenters. The topological polar surface area (TPSA) is 181 Å². The number of carboxylic acid groups (broad SMARTS) is 1. The van der Waals surface area contributed by atoms with E-state index in [1.54, 1.807) is 0 Å². The lowest BCUT2D eigenvalue weighted by molar-refractivity contribution is -0.140. The zero-order valence-electron chi connectivity index (χ0n) is 9.30. The zero-order chi connectivity index (χ0) is 13.4. The van der Waals surface area contributed by atoms with Crippen LogP contribution < -0.4 is 22.5 Å². The van der Waals surface area contributed by atoms with Gasteiger partial charge in [0.25, 0.3) is 0 Å². The largest absolute Gasteiger partial charge is 0.480 e. The summed E-state index contributed by atoms with van der Waals surface area (Å²) >= 11 is 0. The number of aliphatic carboxylic acids is 1. The number of hydrogen-bond acceptors (Lipinski definition) is 6. The Hall–Kier alpha value is -1.42. The summed E-state index contributed by atoms with van der Waals surface area (Å²) < 4.78 is 5.00. The fourth-order valence-corrected chi connectivity index (χ4v) is 0.987. The fourth-order valence-electron chi connectivity index (χ4n) is 0.987. The van der Waals surface area contributed by atoms with Crippen LogP contribution in [0.25, 0.3) is 0 Å². The first-order chi connectivity index (χ1) is 7.84. The van der Waals surface area contributed by atoms with Crippen LogP contribution in [0, 0.1) is 5.41 Å². The number of ether oxygens (including phenoxy) is 1. The first-order valence-corrected chi connectivity index (χ1v) is 4.96. The molecule has 0 saturated carbocycles. The van der Waals surface area contributed by atoms with Gasteiger partial charge >= 0.3 is 5.97 Å². The first-order valence-electron chi connectivity index (χ1n) is 4.96. The second kappa shape index (κ2) is 7.79. The van der Waals surface area contributed by atoms with Crippen molar-refractivity contribution in [3.8, 4) is 0 Å². The number of nitrogens with one attached hydrogen (secondary N) is 2. The van der Waals surface area contributed by atoms with Gasteiger partial charge in [0.1, 0.15) is 12.3 Å². The van der Waals surface area contributed by atoms with Gasteiger partial charge in [-0.3, -0.25) is 10.2 Å². The van der Waals surface area contributed by atoms with Gasteiger partial charge in [0.2, 0.25) is 0 Å². The lowest BCUT2D eigenvalue weighted by Crippen LogP contribution is -2.44. The number of nitrogens with two attached hydrogens (primary N) is 3. The van der Waals surface area contributed by atoms with Gasteiger partial charge in [-0.05, 0) is 0 Å². The highest BCUT2D eigenvalue weighted by Crippen LogP contribution is 2.01. The third-order valence-electron chi connectivity index (χ3n) is 1.92. The lowest BCUT2D eigenvalue weighted by atomic mass is 10.1. The normalized spacial score (nSPS) is 15.9. The summed E-state index contributed by atoms with van der Waals surface area (Å²) in [6, 6.07) is -1.19. The van der Waals surface area contributed by atoms with E-state index in [0.29, 0.717) is 0 Å². The highest BCUT2D eigenvalue weighted by molar-refractivity contribution is 5.74. The Labute approximate surface area is 98.4 Å². The van der Waals surface area contributed by atoms with Crippen molar-refractivity contribution >= 4 is 11.9 Å². The number of carboxylic acids is 1. The van der Waals surface area contributed by atoms with Gasteiger partial charge in [-0.15, -0.1) is 0 Å². The van der Waals surface area contributed by atoms with Crippen LogP contribution in [0.1, 0.15) is 6.42 Å². The molecular weight excluding hydrogens is 230 g/mol. The summed E-state index contributed by atoms with van der Waals surface area (Å²) in [5.74, 6) is -1.41. The molecule has 9 nitrogen and oxygen atoms in total. The van der Waals surface area contributed by atoms with E-state index in [-0.39, 0.29) is 25.5 Å². The average Bonchev–Trinajstić information content (AvgIpc) is 2.23. The molecule has 0 fully saturated rings. The molecule has 0 aliphatic heterocycles. The van der Waals surface area contributed by atoms with Crippen molar-refractivity contribution < 1.29 is 19.7 Å². The van der Waals surface area contributed by atoms with Crippen molar-refractivity contribution in [3.63, 3.8) is 0 Å². The molecule has 0 rings (SSSR count). The van der Waals surface area contributed by atoms with E-state index >= 15 is 0 Å². The van der Waals surface area contributed by atoms with Gasteiger partial charge in [-0.2, -0.15) is 0 Å². The standard InChI is InChI=1S/C8H19N5O4/c9-4(7(15)16)3-5(14)6(10)17-2-1-13-8(11)12/h4-6,14H,1-3,9-10H2,(H,15,16)(H4,11,12,13)/t4-,5?,6?/m0/s1. The predicted octanol–water partition coefficient (Wildman–Crippen LogP) is -3.07. The van der Waals surface area contributed by atoms with Crippen LogP contribution in [0.4, 0.5) is 0 Å². The Morgan fingerprint density at radius 2 is 2.06 bits per heavy atom. The third-order valence-corrected chi connectivity index (χ3v) is 1.92. The molecule has 9 heteroatoms. The summed E-state index contributed by atoms with van der Waals surface area (Å²) in [4.78, 5) is 10.4. The minimum Gasteiger partial charge on any atom is -0.480 e. The van der Waals surface area contributed by atoms with Crippen molar-refractivity contribution in [2.45, 2.75) is 24.8 Å². The molecule has 0 amide bonds. The quantitative estimate of drug-likeness (QED) is 0.102. The van der Waals surface area contributed by atoms with E-state index in [4.69, 9.17) is 32.5 Å². The summed E-state index contributed by atoms with van der Waals surface area (Å²) in [7, 11) is 0. The van der Waals surface area contributed by atoms with Crippen molar-refractivity contribution in [2.75, 3.05) is 13.2 Å². The second-order valence-corrected chi connectivity index (χ2v) is 3.42. The minimum absolute atomic E-state index is 0.125. The van der Waals surface area contributed by atoms with Crippen LogP contribution in [-0.2, 0) is 9.53 Å². The van der Waals surface area contributed by atoms with E-state index in [1.165, 1.54) is 0 Å². The SMILES string of the molecule is N=C(N)NCCOC(N)C(O)C[C@H](N)C(=O)O. The van der Waals surface area contributed by atoms with E-state index < -0.39 is 24.3 Å². The third kappa shape index (κ3) is 7.47. The fraction of sp³-hybridized carbons (Fsp3) is 0.750. The van der Waals surface area contributed by atoms with Crippen molar-refractivity contribution in [1.82, 2.24) is 5.32 Å². The average molecular weight is 249 g/mol. The molecule has 3 atom stereocenters. The Balaban J connectivity index is 3.77. The molecule has 0 radical (unpaired) electrons. The molecule has 0 aromatic carbocycles. The molecule has 0 heterocycles. The maximum atomic E-state index is 10.4. The molecule has 0 aromatic rings. The Morgan fingerprint density at radius 3 is 2.53 bits per heavy atom. The Bertz CT molecular complexity index is 262. The molecule has 10 N–H and O–H groups in total. The van der Waals surface area contributed by atoms with Crippen molar-refractivity contribution in [1.29, 1.82) is 5.41 Å². The summed E-state index contributed by atoms with van der Waals surface area (Å²) in [6.07, 6.45) is -2.40. The molecule has 0 spiro atoms. The molecule has 0 bridgehead atoms. The van der Waals surface area contributed by atoms with Crippen molar-refractivity contribution in [2.24, 2.45) is 17.2 Å². The van der Waals surface area contributed by atoms with E-state index in [2.05, 4.69) is 5.32 Å². The van der Waals surface area contributed by atoms with E-state index in [0.717, 1.165) is 0 Å². The first kappa shape index (κ1) is 15.6. The highest BCUT2D eigenvalue weighted by Gasteiger charge is 2.22. The number of aliphatic hydroxyl groups is 1. The molecule has 17 heavy (non-hydrogen) atoms. The van der Waals surface area contributed by atoms with Gasteiger partial charge < -0.3 is 37.5 Å². The summed E-state index contributed by atoms with van der Waals surface area (Å²) in [5, 5.41) is 27.3. The van der Waals surface area contributed by atoms with Crippen LogP contribution >= 0.6 is 0 Å². The smallest absolute Gasteiger partial charge is 0.320 e. The number of carbonyl (C=O) groups is 1. The zero-order valence-corrected chi connectivity index (χ0v) is 9.30. The van der Waals surface area contributed by atoms with Gasteiger partial charge in [0, 0.05) is 13.0 Å². The van der Waals surface area contributed by atoms with Gasteiger partial charge in [-0.1, -0.05) is 0 Å². The lowest BCUT2D eigenvalue weighted by Gasteiger charge is -2.20. The van der Waals surface area contributed by atoms with Crippen LogP contribution in [0.3, 0.4) is 0 Å². The number of guanidine groups is 1. The predicted molar refractivity (Wildman–Crippen MR) is 60.1 cm³/mol. The monoisotopic (exact) mass is 249 g/mol. The van der Waals surface area contributed by atoms with Gasteiger partial charge in [0.15, 0.2) is 5.96 Å². The van der Waals surface area contributed by atoms with Crippen LogP contribution in [0.5, 0.6) is 0 Å². The van der Waals surface area contributed by atoms with Crippen LogP contribution in [0.15, 0.2) is 0 Å². The maximum Gasteiger partial charge on any atom is 0.320 e.